The van der Waals surface area contributed by atoms with Gasteiger partial charge in [0.05, 0.1) is 11.4 Å². The Labute approximate surface area is 391 Å². The number of hydrogen-bond donors (Lipinski definition) is 0. The Hall–Kier alpha value is -8.18. The lowest BCUT2D eigenvalue weighted by Gasteiger charge is -2.35. The van der Waals surface area contributed by atoms with Crippen molar-refractivity contribution in [3.63, 3.8) is 0 Å². The first-order valence-corrected chi connectivity index (χ1v) is 26.2. The molecule has 12 aromatic rings. The first-order valence-electron chi connectivity index (χ1n) is 23.2. The van der Waals surface area contributed by atoms with E-state index >= 15 is 0 Å². The van der Waals surface area contributed by atoms with Crippen molar-refractivity contribution in [1.29, 1.82) is 0 Å². The summed E-state index contributed by atoms with van der Waals surface area (Å²) in [6.07, 6.45) is 0. The van der Waals surface area contributed by atoms with Crippen LogP contribution in [0.15, 0.2) is 229 Å². The molecule has 0 unspecified atom stereocenters. The minimum absolute atomic E-state index is 0.869. The van der Waals surface area contributed by atoms with Crippen LogP contribution in [-0.2, 0) is 0 Å². The van der Waals surface area contributed by atoms with E-state index in [4.69, 9.17) is 4.42 Å². The van der Waals surface area contributed by atoms with Crippen LogP contribution < -0.4 is 20.2 Å². The zero-order chi connectivity index (χ0) is 44.8. The number of nitrogens with zero attached hydrogens (tertiary/aromatic N) is 2. The van der Waals surface area contributed by atoms with Crippen molar-refractivity contribution >= 4 is 101 Å². The van der Waals surface area contributed by atoms with Crippen LogP contribution in [-0.4, -0.2) is 15.1 Å². The predicted octanol–water partition coefficient (Wildman–Crippen LogP) is 16.4. The van der Waals surface area contributed by atoms with Gasteiger partial charge in [0.1, 0.15) is 19.2 Å². The molecule has 0 saturated heterocycles. The lowest BCUT2D eigenvalue weighted by atomic mass is 9.89. The fourth-order valence-electron chi connectivity index (χ4n) is 11.2. The molecule has 0 radical (unpaired) electrons. The van der Waals surface area contributed by atoms with Gasteiger partial charge >= 0.3 is 0 Å². The molecule has 3 nitrogen and oxygen atoms in total. The third-order valence-corrected chi connectivity index (χ3v) is 18.0. The average molecular weight is 875 g/mol. The van der Waals surface area contributed by atoms with E-state index in [-0.39, 0.29) is 0 Å². The summed E-state index contributed by atoms with van der Waals surface area (Å²) in [7, 11) is -0.0210. The zero-order valence-electron chi connectivity index (χ0n) is 37.7. The van der Waals surface area contributed by atoms with Crippen LogP contribution >= 0.6 is 0 Å². The van der Waals surface area contributed by atoms with Crippen LogP contribution in [0.1, 0.15) is 0 Å². The molecule has 0 amide bonds. The number of rotatable bonds is 7. The molecule has 0 fully saturated rings. The largest absolute Gasteiger partial charge is 0.456 e. The second kappa shape index (κ2) is 15.2. The van der Waals surface area contributed by atoms with Gasteiger partial charge in [-0.05, 0) is 114 Å². The van der Waals surface area contributed by atoms with Gasteiger partial charge in [-0.25, -0.2) is 0 Å². The lowest BCUT2D eigenvalue weighted by Crippen LogP contribution is -2.56. The molecule has 1 aromatic heterocycles. The maximum Gasteiger partial charge on any atom is 0.137 e. The van der Waals surface area contributed by atoms with E-state index in [1.54, 1.807) is 0 Å². The van der Waals surface area contributed by atoms with Gasteiger partial charge in [-0.3, -0.25) is 0 Å². The Morgan fingerprint density at radius 2 is 0.925 bits per heavy atom. The SMILES string of the molecule is CN(c1ccc2c(c1)[Si](C)(C)c1cccc3c1c-2cc1c2ccccc2c(N(c2ccc4c(c2)oc2ccccc24)c2ccccc2-c2ccccc2)cc31)c1ccccc1-c1ccccc1. The summed E-state index contributed by atoms with van der Waals surface area (Å²) in [5.41, 5.74) is 14.9. The molecule has 0 aliphatic carbocycles. The number of para-hydroxylation sites is 3. The molecule has 0 N–H and O–H groups in total. The van der Waals surface area contributed by atoms with Crippen LogP contribution in [0.5, 0.6) is 0 Å². The molecule has 0 spiro atoms. The Kier molecular flexibility index (Phi) is 8.89. The highest BCUT2D eigenvalue weighted by Crippen LogP contribution is 2.49. The van der Waals surface area contributed by atoms with Gasteiger partial charge in [0.25, 0.3) is 0 Å². The topological polar surface area (TPSA) is 19.6 Å². The maximum atomic E-state index is 6.58. The molecule has 318 valence electrons. The third kappa shape index (κ3) is 6.10. The number of benzene rings is 11. The fraction of sp³-hybridized carbons (Fsp3) is 0.0476. The Morgan fingerprint density at radius 3 is 1.69 bits per heavy atom. The van der Waals surface area contributed by atoms with Crippen LogP contribution in [0.25, 0.3) is 87.6 Å². The summed E-state index contributed by atoms with van der Waals surface area (Å²) in [4.78, 5) is 4.83. The van der Waals surface area contributed by atoms with Gasteiger partial charge in [-0.1, -0.05) is 177 Å². The summed E-state index contributed by atoms with van der Waals surface area (Å²) >= 11 is 0. The van der Waals surface area contributed by atoms with Crippen molar-refractivity contribution < 1.29 is 4.42 Å². The zero-order valence-corrected chi connectivity index (χ0v) is 38.7. The second-order valence-electron chi connectivity index (χ2n) is 18.5. The summed E-state index contributed by atoms with van der Waals surface area (Å²) in [6.45, 7) is 5.08. The molecule has 4 heteroatoms. The maximum absolute atomic E-state index is 6.58. The number of anilines is 5. The predicted molar refractivity (Wildman–Crippen MR) is 288 cm³/mol. The Balaban J connectivity index is 1.04. The number of fused-ring (bicyclic) bond motifs is 9. The van der Waals surface area contributed by atoms with Crippen molar-refractivity contribution in [3.05, 3.63) is 224 Å². The minimum atomic E-state index is -2.23. The van der Waals surface area contributed by atoms with Crippen LogP contribution in [0, 0.1) is 0 Å². The number of hydrogen-bond acceptors (Lipinski definition) is 3. The summed E-state index contributed by atoms with van der Waals surface area (Å²) in [6, 6.07) is 82.4. The highest BCUT2D eigenvalue weighted by molar-refractivity contribution is 7.03. The molecular formula is C63H46N2OSi. The van der Waals surface area contributed by atoms with Crippen molar-refractivity contribution in [1.82, 2.24) is 0 Å². The van der Waals surface area contributed by atoms with Crippen molar-refractivity contribution in [2.45, 2.75) is 13.1 Å². The first kappa shape index (κ1) is 39.2. The molecule has 1 aliphatic heterocycles. The molecule has 1 aliphatic rings. The van der Waals surface area contributed by atoms with Crippen molar-refractivity contribution in [3.8, 4) is 33.4 Å². The van der Waals surface area contributed by atoms with Crippen molar-refractivity contribution in [2.24, 2.45) is 0 Å². The van der Waals surface area contributed by atoms with E-state index < -0.39 is 8.07 Å². The summed E-state index contributed by atoms with van der Waals surface area (Å²) in [5, 5.41) is 12.8. The van der Waals surface area contributed by atoms with E-state index in [9.17, 15) is 0 Å². The second-order valence-corrected chi connectivity index (χ2v) is 22.8. The summed E-state index contributed by atoms with van der Waals surface area (Å²) < 4.78 is 6.58. The lowest BCUT2D eigenvalue weighted by molar-refractivity contribution is 0.669. The molecule has 0 bridgehead atoms. The van der Waals surface area contributed by atoms with E-state index in [0.717, 1.165) is 44.6 Å². The fourth-order valence-corrected chi connectivity index (χ4v) is 14.3. The van der Waals surface area contributed by atoms with E-state index in [2.05, 4.69) is 248 Å². The standard InChI is InChI=1S/C63H46N2OSi/c1-64(56-29-15-12-23-45(56)41-19-6-4-7-20-41)43-33-36-51-55-39-53-47-25-10-11-26-48(47)58(40-54(53)52-28-18-32-61(63(52)55)67(2,3)62(51)38-43)65(57-30-16-13-24-46(57)42-21-8-5-9-22-42)44-34-35-50-49-27-14-17-31-59(49)66-60(50)37-44/h4-40H,1-3H3. The Bertz CT molecular complexity index is 3930. The molecule has 2 heterocycles. The van der Waals surface area contributed by atoms with Gasteiger partial charge in [0, 0.05) is 57.5 Å². The van der Waals surface area contributed by atoms with Crippen LogP contribution in [0.2, 0.25) is 13.1 Å². The molecule has 13 rings (SSSR count). The van der Waals surface area contributed by atoms with Crippen LogP contribution in [0.3, 0.4) is 0 Å². The molecular weight excluding hydrogens is 829 g/mol. The van der Waals surface area contributed by atoms with Crippen molar-refractivity contribution in [2.75, 3.05) is 16.8 Å². The molecule has 11 aromatic carbocycles. The van der Waals surface area contributed by atoms with Gasteiger partial charge in [0.15, 0.2) is 0 Å². The highest BCUT2D eigenvalue weighted by atomic mass is 28.3. The quantitative estimate of drug-likeness (QED) is 0.117. The van der Waals surface area contributed by atoms with E-state index in [1.807, 2.05) is 6.07 Å². The minimum Gasteiger partial charge on any atom is -0.456 e. The monoisotopic (exact) mass is 874 g/mol. The molecule has 67 heavy (non-hydrogen) atoms. The molecule has 0 saturated carbocycles. The third-order valence-electron chi connectivity index (χ3n) is 14.4. The van der Waals surface area contributed by atoms with E-state index in [0.29, 0.717) is 0 Å². The highest BCUT2D eigenvalue weighted by Gasteiger charge is 2.37. The normalized spacial score (nSPS) is 12.8. The first-order chi connectivity index (χ1) is 32.9. The molecule has 0 atom stereocenters. The van der Waals surface area contributed by atoms with Gasteiger partial charge in [-0.2, -0.15) is 0 Å². The number of furan rings is 1. The smallest absolute Gasteiger partial charge is 0.137 e. The van der Waals surface area contributed by atoms with E-state index in [1.165, 1.54) is 81.9 Å². The average Bonchev–Trinajstić information content (AvgIpc) is 3.76. The Morgan fingerprint density at radius 1 is 0.343 bits per heavy atom. The summed E-state index contributed by atoms with van der Waals surface area (Å²) in [5.74, 6) is 0. The van der Waals surface area contributed by atoms with Gasteiger partial charge < -0.3 is 14.2 Å². The van der Waals surface area contributed by atoms with Gasteiger partial charge in [-0.15, -0.1) is 0 Å². The van der Waals surface area contributed by atoms with Crippen LogP contribution in [0.4, 0.5) is 28.4 Å². The van der Waals surface area contributed by atoms with Gasteiger partial charge in [0.2, 0.25) is 0 Å².